The van der Waals surface area contributed by atoms with Gasteiger partial charge in [0.05, 0.1) is 23.3 Å². The van der Waals surface area contributed by atoms with E-state index in [0.29, 0.717) is 17.9 Å². The summed E-state index contributed by atoms with van der Waals surface area (Å²) >= 11 is 11.8. The average molecular weight is 368 g/mol. The number of hydrogen-bond donors (Lipinski definition) is 0. The van der Waals surface area contributed by atoms with Crippen molar-refractivity contribution >= 4 is 41.0 Å². The van der Waals surface area contributed by atoms with Gasteiger partial charge in [-0.2, -0.15) is 0 Å². The quantitative estimate of drug-likeness (QED) is 0.354. The molecule has 1 heterocycles. The molecular weight excluding hydrogens is 353 g/mol. The molecule has 0 spiro atoms. The second kappa shape index (κ2) is 6.95. The number of carbonyl (C=O) groups is 3. The fourth-order valence-electron chi connectivity index (χ4n) is 3.02. The lowest BCUT2D eigenvalue weighted by Crippen LogP contribution is -2.33. The molecule has 2 amide bonds. The summed E-state index contributed by atoms with van der Waals surface area (Å²) in [7, 11) is 0. The van der Waals surface area contributed by atoms with Crippen LogP contribution in [0.2, 0.25) is 10.0 Å². The van der Waals surface area contributed by atoms with Gasteiger partial charge in [0, 0.05) is 17.6 Å². The SMILES string of the molecule is O=C(CCN1C(=O)[C@@H]2CC=CC[C@H]2C1=O)Oc1cc(Cl)ccc1Cl. The van der Waals surface area contributed by atoms with Gasteiger partial charge in [-0.15, -0.1) is 0 Å². The van der Waals surface area contributed by atoms with E-state index in [2.05, 4.69) is 0 Å². The van der Waals surface area contributed by atoms with Gasteiger partial charge in [-0.3, -0.25) is 19.3 Å². The van der Waals surface area contributed by atoms with E-state index in [1.165, 1.54) is 17.0 Å². The van der Waals surface area contributed by atoms with E-state index >= 15 is 0 Å². The predicted octanol–water partition coefficient (Wildman–Crippen LogP) is 3.24. The Labute approximate surface area is 149 Å². The number of halogens is 2. The molecular formula is C17H15Cl2NO4. The van der Waals surface area contributed by atoms with Crippen LogP contribution in [0.1, 0.15) is 19.3 Å². The number of esters is 1. The summed E-state index contributed by atoms with van der Waals surface area (Å²) in [6.45, 7) is 0.0156. The van der Waals surface area contributed by atoms with Gasteiger partial charge in [-0.25, -0.2) is 0 Å². The second-order valence-electron chi connectivity index (χ2n) is 5.78. The Morgan fingerprint density at radius 3 is 2.38 bits per heavy atom. The number of hydrogen-bond acceptors (Lipinski definition) is 4. The zero-order valence-corrected chi connectivity index (χ0v) is 14.2. The molecule has 1 aliphatic carbocycles. The van der Waals surface area contributed by atoms with E-state index in [0.717, 1.165) is 0 Å². The molecule has 1 aliphatic heterocycles. The van der Waals surface area contributed by atoms with Crippen LogP contribution in [-0.2, 0) is 14.4 Å². The number of amides is 2. The van der Waals surface area contributed by atoms with Crippen molar-refractivity contribution in [2.75, 3.05) is 6.54 Å². The molecule has 0 saturated carbocycles. The van der Waals surface area contributed by atoms with Crippen molar-refractivity contribution in [3.05, 3.63) is 40.4 Å². The van der Waals surface area contributed by atoms with Crippen molar-refractivity contribution in [1.82, 2.24) is 4.90 Å². The topological polar surface area (TPSA) is 63.7 Å². The summed E-state index contributed by atoms with van der Waals surface area (Å²) in [5, 5.41) is 0.654. The highest BCUT2D eigenvalue weighted by Crippen LogP contribution is 2.35. The van der Waals surface area contributed by atoms with E-state index in [-0.39, 0.29) is 47.4 Å². The highest BCUT2D eigenvalue weighted by molar-refractivity contribution is 6.34. The third-order valence-electron chi connectivity index (χ3n) is 4.26. The fraction of sp³-hybridized carbons (Fsp3) is 0.353. The molecule has 24 heavy (non-hydrogen) atoms. The third-order valence-corrected chi connectivity index (χ3v) is 4.80. The van der Waals surface area contributed by atoms with Gasteiger partial charge in [0.1, 0.15) is 0 Å². The fourth-order valence-corrected chi connectivity index (χ4v) is 3.34. The normalized spacial score (nSPS) is 22.7. The molecule has 0 aromatic heterocycles. The van der Waals surface area contributed by atoms with Crippen molar-refractivity contribution in [2.24, 2.45) is 11.8 Å². The molecule has 1 fully saturated rings. The molecule has 2 atom stereocenters. The Balaban J connectivity index is 1.59. The Morgan fingerprint density at radius 1 is 1.12 bits per heavy atom. The lowest BCUT2D eigenvalue weighted by Gasteiger charge is -2.14. The van der Waals surface area contributed by atoms with Crippen LogP contribution in [0.25, 0.3) is 0 Å². The van der Waals surface area contributed by atoms with Crippen LogP contribution in [0.3, 0.4) is 0 Å². The van der Waals surface area contributed by atoms with Crippen LogP contribution in [0.5, 0.6) is 5.75 Å². The minimum Gasteiger partial charge on any atom is -0.425 e. The predicted molar refractivity (Wildman–Crippen MR) is 88.8 cm³/mol. The lowest BCUT2D eigenvalue weighted by atomic mass is 9.85. The number of fused-ring (bicyclic) bond motifs is 1. The van der Waals surface area contributed by atoms with E-state index in [1.54, 1.807) is 6.07 Å². The highest BCUT2D eigenvalue weighted by atomic mass is 35.5. The second-order valence-corrected chi connectivity index (χ2v) is 6.63. The zero-order chi connectivity index (χ0) is 17.3. The Morgan fingerprint density at radius 2 is 1.75 bits per heavy atom. The largest absolute Gasteiger partial charge is 0.425 e. The first-order valence-electron chi connectivity index (χ1n) is 7.63. The monoisotopic (exact) mass is 367 g/mol. The molecule has 2 aliphatic rings. The van der Waals surface area contributed by atoms with Crippen LogP contribution < -0.4 is 4.74 Å². The minimum atomic E-state index is -0.576. The zero-order valence-electron chi connectivity index (χ0n) is 12.7. The van der Waals surface area contributed by atoms with Crippen molar-refractivity contribution in [3.8, 4) is 5.75 Å². The molecule has 5 nitrogen and oxygen atoms in total. The number of carbonyl (C=O) groups excluding carboxylic acids is 3. The maximum Gasteiger partial charge on any atom is 0.313 e. The number of allylic oxidation sites excluding steroid dienone is 2. The molecule has 0 N–H and O–H groups in total. The Kier molecular flexibility index (Phi) is 4.92. The molecule has 0 bridgehead atoms. The van der Waals surface area contributed by atoms with Gasteiger partial charge in [-0.05, 0) is 25.0 Å². The first kappa shape index (κ1) is 17.0. The first-order chi connectivity index (χ1) is 11.5. The van der Waals surface area contributed by atoms with Crippen molar-refractivity contribution in [2.45, 2.75) is 19.3 Å². The maximum atomic E-state index is 12.3. The molecule has 1 aromatic rings. The average Bonchev–Trinajstić information content (AvgIpc) is 2.81. The molecule has 0 unspecified atom stereocenters. The summed E-state index contributed by atoms with van der Waals surface area (Å²) in [6.07, 6.45) is 4.91. The maximum absolute atomic E-state index is 12.3. The summed E-state index contributed by atoms with van der Waals surface area (Å²) in [4.78, 5) is 37.7. The number of imide groups is 1. The molecule has 1 aromatic carbocycles. The van der Waals surface area contributed by atoms with Gasteiger partial charge >= 0.3 is 5.97 Å². The van der Waals surface area contributed by atoms with Crippen molar-refractivity contribution in [1.29, 1.82) is 0 Å². The van der Waals surface area contributed by atoms with Gasteiger partial charge in [0.15, 0.2) is 5.75 Å². The van der Waals surface area contributed by atoms with Crippen molar-refractivity contribution < 1.29 is 19.1 Å². The van der Waals surface area contributed by atoms with Gasteiger partial charge in [0.2, 0.25) is 11.8 Å². The standard InChI is InChI=1S/C17H15Cl2NO4/c18-10-5-6-13(19)14(9-10)24-15(21)7-8-20-16(22)11-3-1-2-4-12(11)17(20)23/h1-2,5-6,9,11-12H,3-4,7-8H2/t11-,12-/m1/s1. The molecule has 0 radical (unpaired) electrons. The number of nitrogens with zero attached hydrogens (tertiary/aromatic N) is 1. The van der Waals surface area contributed by atoms with Crippen molar-refractivity contribution in [3.63, 3.8) is 0 Å². The third kappa shape index (κ3) is 3.32. The van der Waals surface area contributed by atoms with E-state index in [4.69, 9.17) is 27.9 Å². The van der Waals surface area contributed by atoms with E-state index in [9.17, 15) is 14.4 Å². The molecule has 1 saturated heterocycles. The number of ether oxygens (including phenoxy) is 1. The Hall–Kier alpha value is -1.85. The first-order valence-corrected chi connectivity index (χ1v) is 8.39. The van der Waals surface area contributed by atoms with E-state index in [1.807, 2.05) is 12.2 Å². The highest BCUT2D eigenvalue weighted by Gasteiger charge is 2.46. The van der Waals surface area contributed by atoms with Crippen LogP contribution in [0, 0.1) is 11.8 Å². The summed E-state index contributed by atoms with van der Waals surface area (Å²) < 4.78 is 5.16. The van der Waals surface area contributed by atoms with Gasteiger partial charge in [0.25, 0.3) is 0 Å². The summed E-state index contributed by atoms with van der Waals surface area (Å²) in [6, 6.07) is 4.55. The molecule has 126 valence electrons. The summed E-state index contributed by atoms with van der Waals surface area (Å²) in [5.74, 6) is -1.41. The van der Waals surface area contributed by atoms with Crippen LogP contribution in [0.4, 0.5) is 0 Å². The number of rotatable bonds is 4. The smallest absolute Gasteiger partial charge is 0.313 e. The van der Waals surface area contributed by atoms with Crippen LogP contribution >= 0.6 is 23.2 Å². The Bertz CT molecular complexity index is 705. The summed E-state index contributed by atoms with van der Waals surface area (Å²) in [5.41, 5.74) is 0. The van der Waals surface area contributed by atoms with Gasteiger partial charge < -0.3 is 4.74 Å². The lowest BCUT2D eigenvalue weighted by molar-refractivity contribution is -0.141. The molecule has 3 rings (SSSR count). The van der Waals surface area contributed by atoms with E-state index < -0.39 is 5.97 Å². The number of benzene rings is 1. The van der Waals surface area contributed by atoms with Crippen LogP contribution in [-0.4, -0.2) is 29.2 Å². The number of likely N-dealkylation sites (tertiary alicyclic amines) is 1. The van der Waals surface area contributed by atoms with Gasteiger partial charge in [-0.1, -0.05) is 35.4 Å². The molecule has 7 heteroatoms. The van der Waals surface area contributed by atoms with Crippen LogP contribution in [0.15, 0.2) is 30.4 Å². The minimum absolute atomic E-state index is 0.0156.